The number of nitrogens with zero attached hydrogens (tertiary/aromatic N) is 5. The number of fused-ring (bicyclic) bond motifs is 1. The molecule has 0 unspecified atom stereocenters. The first-order valence-corrected chi connectivity index (χ1v) is 7.48. The molecule has 120 valence electrons. The Bertz CT molecular complexity index is 844. The second-order valence-electron chi connectivity index (χ2n) is 5.16. The van der Waals surface area contributed by atoms with Crippen LogP contribution in [0.15, 0.2) is 18.3 Å². The van der Waals surface area contributed by atoms with Crippen LogP contribution in [0.2, 0.25) is 0 Å². The highest BCUT2D eigenvalue weighted by Crippen LogP contribution is 2.27. The van der Waals surface area contributed by atoms with E-state index in [4.69, 9.17) is 14.6 Å². The summed E-state index contributed by atoms with van der Waals surface area (Å²) in [7, 11) is 3.08. The van der Waals surface area contributed by atoms with Gasteiger partial charge in [-0.3, -0.25) is 0 Å². The number of ether oxygens (including phenoxy) is 2. The van der Waals surface area contributed by atoms with Crippen molar-refractivity contribution in [1.29, 1.82) is 0 Å². The average Bonchev–Trinajstić information content (AvgIpc) is 2.89. The lowest BCUT2D eigenvalue weighted by Gasteiger charge is -2.08. The monoisotopic (exact) mass is 313 g/mol. The molecule has 0 saturated heterocycles. The molecule has 3 rings (SSSR count). The van der Waals surface area contributed by atoms with E-state index in [0.29, 0.717) is 11.4 Å². The molecule has 0 fully saturated rings. The molecule has 0 aliphatic rings. The van der Waals surface area contributed by atoms with Crippen LogP contribution in [-0.4, -0.2) is 38.8 Å². The van der Waals surface area contributed by atoms with E-state index in [0.717, 1.165) is 35.6 Å². The van der Waals surface area contributed by atoms with Crippen LogP contribution in [0.4, 0.5) is 0 Å². The number of methoxy groups -OCH3 is 2. The molecule has 0 bridgehead atoms. The molecule has 0 N–H and O–H groups in total. The fourth-order valence-corrected chi connectivity index (χ4v) is 2.54. The van der Waals surface area contributed by atoms with Gasteiger partial charge < -0.3 is 9.47 Å². The van der Waals surface area contributed by atoms with Crippen LogP contribution >= 0.6 is 0 Å². The zero-order valence-electron chi connectivity index (χ0n) is 13.7. The summed E-state index contributed by atoms with van der Waals surface area (Å²) in [6, 6.07) is 4.10. The van der Waals surface area contributed by atoms with Crippen molar-refractivity contribution in [3.05, 3.63) is 29.7 Å². The molecule has 0 aromatic carbocycles. The Morgan fingerprint density at radius 2 is 1.96 bits per heavy atom. The predicted molar refractivity (Wildman–Crippen MR) is 85.8 cm³/mol. The van der Waals surface area contributed by atoms with Crippen LogP contribution in [0.25, 0.3) is 16.9 Å². The van der Waals surface area contributed by atoms with Crippen LogP contribution in [-0.2, 0) is 6.42 Å². The molecule has 0 saturated carbocycles. The van der Waals surface area contributed by atoms with Gasteiger partial charge in [0, 0.05) is 6.20 Å². The molecule has 7 heteroatoms. The van der Waals surface area contributed by atoms with Gasteiger partial charge in [0.1, 0.15) is 0 Å². The lowest BCUT2D eigenvalue weighted by Crippen LogP contribution is -2.02. The number of rotatable bonds is 5. The van der Waals surface area contributed by atoms with Gasteiger partial charge in [-0.05, 0) is 25.5 Å². The molecule has 0 atom stereocenters. The van der Waals surface area contributed by atoms with Crippen molar-refractivity contribution in [2.45, 2.75) is 26.7 Å². The van der Waals surface area contributed by atoms with Crippen molar-refractivity contribution >= 4 is 5.65 Å². The molecular weight excluding hydrogens is 294 g/mol. The fraction of sp³-hybridized carbons (Fsp3) is 0.375. The Labute approximate surface area is 134 Å². The van der Waals surface area contributed by atoms with Gasteiger partial charge in [0.15, 0.2) is 5.65 Å². The number of aromatic nitrogens is 5. The van der Waals surface area contributed by atoms with Gasteiger partial charge in [-0.15, -0.1) is 0 Å². The number of imidazole rings is 1. The van der Waals surface area contributed by atoms with E-state index in [9.17, 15) is 0 Å². The van der Waals surface area contributed by atoms with Crippen LogP contribution in [0.3, 0.4) is 0 Å². The Morgan fingerprint density at radius 1 is 1.13 bits per heavy atom. The van der Waals surface area contributed by atoms with Gasteiger partial charge in [0.25, 0.3) is 0 Å². The van der Waals surface area contributed by atoms with Gasteiger partial charge in [0.2, 0.25) is 5.88 Å². The van der Waals surface area contributed by atoms with Gasteiger partial charge in [0.05, 0.1) is 36.9 Å². The molecule has 3 aromatic rings. The maximum Gasteiger partial charge on any atom is 0.319 e. The second kappa shape index (κ2) is 6.20. The summed E-state index contributed by atoms with van der Waals surface area (Å²) in [5.41, 5.74) is 4.41. The van der Waals surface area contributed by atoms with Crippen molar-refractivity contribution in [3.63, 3.8) is 0 Å². The minimum Gasteiger partial charge on any atom is -0.480 e. The fourth-order valence-electron chi connectivity index (χ4n) is 2.54. The molecule has 0 radical (unpaired) electrons. The van der Waals surface area contributed by atoms with E-state index in [1.807, 2.05) is 23.6 Å². The number of aryl methyl sites for hydroxylation is 2. The summed E-state index contributed by atoms with van der Waals surface area (Å²) >= 11 is 0. The van der Waals surface area contributed by atoms with Crippen LogP contribution < -0.4 is 9.47 Å². The van der Waals surface area contributed by atoms with Crippen LogP contribution in [0, 0.1) is 6.92 Å². The van der Waals surface area contributed by atoms with Crippen molar-refractivity contribution in [2.24, 2.45) is 0 Å². The highest BCUT2D eigenvalue weighted by Gasteiger charge is 2.15. The summed E-state index contributed by atoms with van der Waals surface area (Å²) in [5.74, 6) is 0.428. The molecule has 23 heavy (non-hydrogen) atoms. The Hall–Kier alpha value is -2.70. The highest BCUT2D eigenvalue weighted by atomic mass is 16.5. The maximum atomic E-state index is 5.34. The SMILES string of the molecule is CCCc1c(C)nc2ccc(-c3cnc(OC)nc3OC)nn12. The molecule has 0 aliphatic heterocycles. The molecule has 0 amide bonds. The quantitative estimate of drug-likeness (QED) is 0.720. The highest BCUT2D eigenvalue weighted by molar-refractivity contribution is 5.65. The molecule has 3 heterocycles. The van der Waals surface area contributed by atoms with Crippen molar-refractivity contribution < 1.29 is 9.47 Å². The van der Waals surface area contributed by atoms with Gasteiger partial charge in [-0.2, -0.15) is 10.1 Å². The third kappa shape index (κ3) is 2.69. The Kier molecular flexibility index (Phi) is 4.10. The first-order chi connectivity index (χ1) is 11.2. The third-order valence-electron chi connectivity index (χ3n) is 3.64. The summed E-state index contributed by atoms with van der Waals surface area (Å²) in [6.45, 7) is 4.15. The maximum absolute atomic E-state index is 5.34. The van der Waals surface area contributed by atoms with Crippen molar-refractivity contribution in [1.82, 2.24) is 24.6 Å². The summed E-state index contributed by atoms with van der Waals surface area (Å²) in [4.78, 5) is 12.9. The van der Waals surface area contributed by atoms with E-state index in [-0.39, 0.29) is 6.01 Å². The third-order valence-corrected chi connectivity index (χ3v) is 3.64. The Balaban J connectivity index is 2.15. The average molecular weight is 313 g/mol. The molecule has 3 aromatic heterocycles. The lowest BCUT2D eigenvalue weighted by atomic mass is 10.2. The number of hydrogen-bond acceptors (Lipinski definition) is 6. The molecule has 0 spiro atoms. The van der Waals surface area contributed by atoms with E-state index in [1.165, 1.54) is 7.11 Å². The predicted octanol–water partition coefficient (Wildman–Crippen LogP) is 2.46. The minimum absolute atomic E-state index is 0.261. The van der Waals surface area contributed by atoms with Gasteiger partial charge >= 0.3 is 6.01 Å². The van der Waals surface area contributed by atoms with Crippen LogP contribution in [0.1, 0.15) is 24.7 Å². The molecule has 0 aliphatic carbocycles. The van der Waals surface area contributed by atoms with E-state index < -0.39 is 0 Å². The largest absolute Gasteiger partial charge is 0.480 e. The first kappa shape index (κ1) is 15.2. The first-order valence-electron chi connectivity index (χ1n) is 7.48. The summed E-state index contributed by atoms with van der Waals surface area (Å²) in [6.07, 6.45) is 3.62. The van der Waals surface area contributed by atoms with Crippen molar-refractivity contribution in [2.75, 3.05) is 14.2 Å². The minimum atomic E-state index is 0.261. The molecule has 7 nitrogen and oxygen atoms in total. The summed E-state index contributed by atoms with van der Waals surface area (Å²) in [5, 5.41) is 4.70. The summed E-state index contributed by atoms with van der Waals surface area (Å²) < 4.78 is 12.3. The van der Waals surface area contributed by atoms with Gasteiger partial charge in [-0.25, -0.2) is 14.5 Å². The number of hydrogen-bond donors (Lipinski definition) is 0. The normalized spacial score (nSPS) is 11.0. The Morgan fingerprint density at radius 3 is 2.65 bits per heavy atom. The smallest absolute Gasteiger partial charge is 0.319 e. The zero-order valence-corrected chi connectivity index (χ0v) is 13.7. The second-order valence-corrected chi connectivity index (χ2v) is 5.16. The topological polar surface area (TPSA) is 74.4 Å². The van der Waals surface area contributed by atoms with E-state index in [2.05, 4.69) is 21.9 Å². The van der Waals surface area contributed by atoms with E-state index >= 15 is 0 Å². The van der Waals surface area contributed by atoms with Crippen molar-refractivity contribution in [3.8, 4) is 23.1 Å². The van der Waals surface area contributed by atoms with Gasteiger partial charge in [-0.1, -0.05) is 13.3 Å². The van der Waals surface area contributed by atoms with Crippen LogP contribution in [0.5, 0.6) is 11.9 Å². The van der Waals surface area contributed by atoms with E-state index in [1.54, 1.807) is 13.3 Å². The zero-order chi connectivity index (χ0) is 16.4. The lowest BCUT2D eigenvalue weighted by molar-refractivity contribution is 0.353. The molecular formula is C16H19N5O2. The standard InChI is InChI=1S/C16H19N5O2/c1-5-6-13-10(2)18-14-8-7-12(20-21(13)14)11-9-17-16(23-4)19-15(11)22-3/h7-9H,5-6H2,1-4H3.